The fourth-order valence-corrected chi connectivity index (χ4v) is 3.93. The van der Waals surface area contributed by atoms with Crippen LogP contribution in [0.15, 0.2) is 29.2 Å². The van der Waals surface area contributed by atoms with Gasteiger partial charge < -0.3 is 10.2 Å². The molecule has 0 atom stereocenters. The van der Waals surface area contributed by atoms with E-state index in [2.05, 4.69) is 5.32 Å². The van der Waals surface area contributed by atoms with E-state index in [0.29, 0.717) is 10.8 Å². The van der Waals surface area contributed by atoms with Crippen molar-refractivity contribution in [2.45, 2.75) is 18.7 Å². The third-order valence-electron chi connectivity index (χ3n) is 3.63. The van der Waals surface area contributed by atoms with Gasteiger partial charge in [0.05, 0.1) is 12.1 Å². The second kappa shape index (κ2) is 7.00. The average molecular weight is 353 g/mol. The van der Waals surface area contributed by atoms with Gasteiger partial charge in [0.1, 0.15) is 11.4 Å². The largest absolute Gasteiger partial charge is 0.355 e. The first-order valence-corrected chi connectivity index (χ1v) is 8.97. The summed E-state index contributed by atoms with van der Waals surface area (Å²) in [6, 6.07) is 5.82. The highest BCUT2D eigenvalue weighted by Crippen LogP contribution is 2.29. The zero-order chi connectivity index (χ0) is 17.9. The predicted molar refractivity (Wildman–Crippen MR) is 85.6 cm³/mol. The van der Waals surface area contributed by atoms with Crippen molar-refractivity contribution in [3.63, 3.8) is 0 Å². The lowest BCUT2D eigenvalue weighted by Gasteiger charge is -2.23. The SMILES string of the molecule is CCNC(=O)CN(CC)C(=O)CN1C(=O)c2ccccc2S1(=O)=O. The van der Waals surface area contributed by atoms with Gasteiger partial charge in [-0.05, 0) is 26.0 Å². The number of rotatable bonds is 6. The molecule has 8 nitrogen and oxygen atoms in total. The smallest absolute Gasteiger partial charge is 0.269 e. The van der Waals surface area contributed by atoms with Crippen LogP contribution in [0.4, 0.5) is 0 Å². The van der Waals surface area contributed by atoms with Crippen molar-refractivity contribution in [1.82, 2.24) is 14.5 Å². The summed E-state index contributed by atoms with van der Waals surface area (Å²) < 4.78 is 25.4. The highest BCUT2D eigenvalue weighted by atomic mass is 32.2. The lowest BCUT2D eigenvalue weighted by atomic mass is 10.2. The van der Waals surface area contributed by atoms with E-state index in [-0.39, 0.29) is 29.5 Å². The van der Waals surface area contributed by atoms with Crippen molar-refractivity contribution in [3.8, 4) is 0 Å². The Labute approximate surface area is 140 Å². The number of carbonyl (C=O) groups is 3. The number of likely N-dealkylation sites (N-methyl/N-ethyl adjacent to an activating group) is 2. The van der Waals surface area contributed by atoms with E-state index in [4.69, 9.17) is 0 Å². The molecule has 1 N–H and O–H groups in total. The van der Waals surface area contributed by atoms with Gasteiger partial charge in [0, 0.05) is 13.1 Å². The molecule has 2 rings (SSSR count). The molecule has 1 heterocycles. The number of carbonyl (C=O) groups excluding carboxylic acids is 3. The summed E-state index contributed by atoms with van der Waals surface area (Å²) in [5.74, 6) is -1.67. The molecular weight excluding hydrogens is 334 g/mol. The van der Waals surface area contributed by atoms with Crippen LogP contribution in [0, 0.1) is 0 Å². The van der Waals surface area contributed by atoms with Gasteiger partial charge in [-0.3, -0.25) is 14.4 Å². The predicted octanol–water partition coefficient (Wildman–Crippen LogP) is -0.184. The van der Waals surface area contributed by atoms with Gasteiger partial charge in [-0.25, -0.2) is 12.7 Å². The topological polar surface area (TPSA) is 104 Å². The van der Waals surface area contributed by atoms with Crippen LogP contribution in [-0.4, -0.2) is 61.5 Å². The number of nitrogens with one attached hydrogen (secondary N) is 1. The van der Waals surface area contributed by atoms with Crippen molar-refractivity contribution in [2.75, 3.05) is 26.2 Å². The molecule has 9 heteroatoms. The van der Waals surface area contributed by atoms with Crippen molar-refractivity contribution >= 4 is 27.7 Å². The van der Waals surface area contributed by atoms with Gasteiger partial charge in [0.15, 0.2) is 0 Å². The standard InChI is InChI=1S/C15H19N3O5S/c1-3-16-13(19)9-17(4-2)14(20)10-18-15(21)11-7-5-6-8-12(11)24(18,22)23/h5-8H,3-4,9-10H2,1-2H3,(H,16,19). The second-order valence-electron chi connectivity index (χ2n) is 5.17. The number of benzene rings is 1. The van der Waals surface area contributed by atoms with Crippen LogP contribution in [-0.2, 0) is 19.6 Å². The summed E-state index contributed by atoms with van der Waals surface area (Å²) in [7, 11) is -4.04. The van der Waals surface area contributed by atoms with Gasteiger partial charge in [-0.2, -0.15) is 0 Å². The van der Waals surface area contributed by atoms with E-state index in [1.54, 1.807) is 19.9 Å². The summed E-state index contributed by atoms with van der Waals surface area (Å²) >= 11 is 0. The van der Waals surface area contributed by atoms with E-state index in [9.17, 15) is 22.8 Å². The van der Waals surface area contributed by atoms with E-state index in [1.807, 2.05) is 0 Å². The minimum Gasteiger partial charge on any atom is -0.355 e. The Balaban J connectivity index is 2.17. The number of hydrogen-bond donors (Lipinski definition) is 1. The highest BCUT2D eigenvalue weighted by Gasteiger charge is 2.42. The van der Waals surface area contributed by atoms with Crippen molar-refractivity contribution in [1.29, 1.82) is 0 Å². The third-order valence-corrected chi connectivity index (χ3v) is 5.42. The molecule has 0 saturated heterocycles. The minimum atomic E-state index is -4.04. The van der Waals surface area contributed by atoms with E-state index in [0.717, 1.165) is 0 Å². The van der Waals surface area contributed by atoms with Crippen LogP contribution in [0.1, 0.15) is 24.2 Å². The molecule has 1 aromatic rings. The molecule has 0 unspecified atom stereocenters. The van der Waals surface area contributed by atoms with E-state index < -0.39 is 28.4 Å². The molecule has 0 spiro atoms. The Morgan fingerprint density at radius 1 is 1.21 bits per heavy atom. The molecule has 24 heavy (non-hydrogen) atoms. The lowest BCUT2D eigenvalue weighted by molar-refractivity contribution is -0.135. The summed E-state index contributed by atoms with van der Waals surface area (Å²) in [6.07, 6.45) is 0. The second-order valence-corrected chi connectivity index (χ2v) is 7.01. The highest BCUT2D eigenvalue weighted by molar-refractivity contribution is 7.90. The van der Waals surface area contributed by atoms with Gasteiger partial charge in [0.2, 0.25) is 11.8 Å². The van der Waals surface area contributed by atoms with Crippen molar-refractivity contribution < 1.29 is 22.8 Å². The molecule has 0 radical (unpaired) electrons. The maximum Gasteiger partial charge on any atom is 0.269 e. The normalized spacial score (nSPS) is 15.1. The Bertz CT molecular complexity index is 775. The van der Waals surface area contributed by atoms with Crippen LogP contribution in [0.3, 0.4) is 0 Å². The maximum atomic E-state index is 12.4. The zero-order valence-corrected chi connectivity index (χ0v) is 14.3. The quantitative estimate of drug-likeness (QED) is 0.764. The summed E-state index contributed by atoms with van der Waals surface area (Å²) in [5, 5.41) is 2.57. The maximum absolute atomic E-state index is 12.4. The molecule has 0 bridgehead atoms. The molecule has 0 saturated carbocycles. The Morgan fingerprint density at radius 2 is 1.88 bits per heavy atom. The Hall–Kier alpha value is -2.42. The van der Waals surface area contributed by atoms with Crippen LogP contribution in [0.2, 0.25) is 0 Å². The van der Waals surface area contributed by atoms with Crippen molar-refractivity contribution in [2.24, 2.45) is 0 Å². The summed E-state index contributed by atoms with van der Waals surface area (Å²) in [4.78, 5) is 37.3. The summed E-state index contributed by atoms with van der Waals surface area (Å²) in [5.41, 5.74) is 0.0528. The molecule has 3 amide bonds. The monoisotopic (exact) mass is 353 g/mol. The van der Waals surface area contributed by atoms with E-state index in [1.165, 1.54) is 23.1 Å². The molecule has 1 aromatic carbocycles. The average Bonchev–Trinajstić information content (AvgIpc) is 2.74. The van der Waals surface area contributed by atoms with Gasteiger partial charge in [-0.15, -0.1) is 0 Å². The third kappa shape index (κ3) is 3.25. The molecule has 1 aliphatic rings. The van der Waals surface area contributed by atoms with Gasteiger partial charge in [0.25, 0.3) is 15.9 Å². The number of amides is 3. The van der Waals surface area contributed by atoms with E-state index >= 15 is 0 Å². The first-order chi connectivity index (χ1) is 11.3. The van der Waals surface area contributed by atoms with Crippen LogP contribution >= 0.6 is 0 Å². The van der Waals surface area contributed by atoms with Gasteiger partial charge >= 0.3 is 0 Å². The van der Waals surface area contributed by atoms with Crippen LogP contribution < -0.4 is 5.32 Å². The molecule has 1 aliphatic heterocycles. The van der Waals surface area contributed by atoms with Crippen molar-refractivity contribution in [3.05, 3.63) is 29.8 Å². The Kier molecular flexibility index (Phi) is 5.23. The summed E-state index contributed by atoms with van der Waals surface area (Å²) in [6.45, 7) is 3.28. The molecule has 0 aliphatic carbocycles. The number of fused-ring (bicyclic) bond motifs is 1. The molecule has 0 fully saturated rings. The minimum absolute atomic E-state index is 0.0528. The van der Waals surface area contributed by atoms with Gasteiger partial charge in [-0.1, -0.05) is 12.1 Å². The number of nitrogens with zero attached hydrogens (tertiary/aromatic N) is 2. The van der Waals surface area contributed by atoms with Crippen LogP contribution in [0.5, 0.6) is 0 Å². The zero-order valence-electron chi connectivity index (χ0n) is 13.5. The Morgan fingerprint density at radius 3 is 2.46 bits per heavy atom. The molecule has 0 aromatic heterocycles. The fourth-order valence-electron chi connectivity index (χ4n) is 2.41. The number of sulfonamides is 1. The molecule has 130 valence electrons. The van der Waals surface area contributed by atoms with Crippen LogP contribution in [0.25, 0.3) is 0 Å². The fraction of sp³-hybridized carbons (Fsp3) is 0.400. The first kappa shape index (κ1) is 17.9. The molecular formula is C15H19N3O5S. The lowest BCUT2D eigenvalue weighted by Crippen LogP contribution is -2.46. The first-order valence-electron chi connectivity index (χ1n) is 7.53. The number of hydrogen-bond acceptors (Lipinski definition) is 5.